The number of imide groups is 1. The third-order valence-electron chi connectivity index (χ3n) is 3.98. The van der Waals surface area contributed by atoms with Gasteiger partial charge in [-0.2, -0.15) is 0 Å². The monoisotopic (exact) mass is 328 g/mol. The van der Waals surface area contributed by atoms with Gasteiger partial charge in [-0.15, -0.1) is 0 Å². The Hall–Kier alpha value is -3.16. The molecule has 0 bridgehead atoms. The fraction of sp³-hybridized carbons (Fsp3) is 0.250. The van der Waals surface area contributed by atoms with Gasteiger partial charge >= 0.3 is 6.03 Å². The summed E-state index contributed by atoms with van der Waals surface area (Å²) < 4.78 is 4.61. The van der Waals surface area contributed by atoms with Crippen LogP contribution in [0, 0.1) is 0 Å². The standard InChI is InChI=1S/C16H16N4O4/c1-2-16(11-6-4-3-5-7-11)14(22)20(15(23)18-16)10-13(21)17-12-8-9-24-19-12/h3-9H,2,10H2,1H3,(H,18,23)(H,17,19,21)/t16-/m0/s1. The molecule has 2 heterocycles. The lowest BCUT2D eigenvalue weighted by atomic mass is 9.87. The van der Waals surface area contributed by atoms with Gasteiger partial charge < -0.3 is 15.2 Å². The summed E-state index contributed by atoms with van der Waals surface area (Å²) in [5, 5.41) is 8.73. The van der Waals surface area contributed by atoms with Gasteiger partial charge in [0.2, 0.25) is 5.91 Å². The molecule has 1 fully saturated rings. The molecule has 0 unspecified atom stereocenters. The van der Waals surface area contributed by atoms with Gasteiger partial charge in [0.1, 0.15) is 18.3 Å². The predicted molar refractivity (Wildman–Crippen MR) is 83.8 cm³/mol. The van der Waals surface area contributed by atoms with Crippen LogP contribution in [-0.4, -0.2) is 34.4 Å². The summed E-state index contributed by atoms with van der Waals surface area (Å²) >= 11 is 0. The fourth-order valence-corrected chi connectivity index (χ4v) is 2.73. The van der Waals surface area contributed by atoms with Crippen molar-refractivity contribution in [1.82, 2.24) is 15.4 Å². The van der Waals surface area contributed by atoms with Crippen molar-refractivity contribution in [2.24, 2.45) is 0 Å². The van der Waals surface area contributed by atoms with Crippen LogP contribution < -0.4 is 10.6 Å². The highest BCUT2D eigenvalue weighted by molar-refractivity contribution is 6.10. The van der Waals surface area contributed by atoms with Crippen LogP contribution in [-0.2, 0) is 15.1 Å². The summed E-state index contributed by atoms with van der Waals surface area (Å²) in [7, 11) is 0. The number of rotatable bonds is 5. The second-order valence-electron chi connectivity index (χ2n) is 5.38. The first kappa shape index (κ1) is 15.7. The number of nitrogens with zero attached hydrogens (tertiary/aromatic N) is 2. The number of hydrogen-bond donors (Lipinski definition) is 2. The van der Waals surface area contributed by atoms with Crippen LogP contribution in [0.3, 0.4) is 0 Å². The van der Waals surface area contributed by atoms with Gasteiger partial charge in [0.05, 0.1) is 0 Å². The Morgan fingerprint density at radius 3 is 2.67 bits per heavy atom. The molecule has 3 rings (SSSR count). The lowest BCUT2D eigenvalue weighted by Crippen LogP contribution is -2.44. The van der Waals surface area contributed by atoms with E-state index in [1.54, 1.807) is 24.3 Å². The summed E-state index contributed by atoms with van der Waals surface area (Å²) in [6.45, 7) is 1.41. The highest BCUT2D eigenvalue weighted by Gasteiger charge is 2.51. The second kappa shape index (κ2) is 6.15. The number of amides is 4. The van der Waals surface area contributed by atoms with Crippen molar-refractivity contribution < 1.29 is 18.9 Å². The Labute approximate surface area is 137 Å². The van der Waals surface area contributed by atoms with Crippen molar-refractivity contribution in [3.63, 3.8) is 0 Å². The Balaban J connectivity index is 1.79. The molecular weight excluding hydrogens is 312 g/mol. The van der Waals surface area contributed by atoms with Crippen molar-refractivity contribution in [3.8, 4) is 0 Å². The zero-order valence-electron chi connectivity index (χ0n) is 13.0. The number of benzene rings is 1. The van der Waals surface area contributed by atoms with Crippen molar-refractivity contribution in [3.05, 3.63) is 48.2 Å². The lowest BCUT2D eigenvalue weighted by Gasteiger charge is -2.25. The van der Waals surface area contributed by atoms with Crippen molar-refractivity contribution >= 4 is 23.7 Å². The van der Waals surface area contributed by atoms with E-state index in [1.165, 1.54) is 12.3 Å². The molecule has 8 heteroatoms. The van der Waals surface area contributed by atoms with E-state index in [1.807, 2.05) is 13.0 Å². The highest BCUT2D eigenvalue weighted by Crippen LogP contribution is 2.32. The van der Waals surface area contributed by atoms with Gasteiger partial charge in [-0.25, -0.2) is 4.79 Å². The van der Waals surface area contributed by atoms with Crippen LogP contribution in [0.1, 0.15) is 18.9 Å². The summed E-state index contributed by atoms with van der Waals surface area (Å²) in [5.74, 6) is -0.763. The normalized spacial score (nSPS) is 20.1. The van der Waals surface area contributed by atoms with Gasteiger partial charge in [-0.3, -0.25) is 14.5 Å². The lowest BCUT2D eigenvalue weighted by molar-refractivity contribution is -0.134. The third kappa shape index (κ3) is 2.62. The van der Waals surface area contributed by atoms with E-state index in [9.17, 15) is 14.4 Å². The number of nitrogens with one attached hydrogen (secondary N) is 2. The maximum Gasteiger partial charge on any atom is 0.325 e. The first-order chi connectivity index (χ1) is 11.6. The third-order valence-corrected chi connectivity index (χ3v) is 3.98. The summed E-state index contributed by atoms with van der Waals surface area (Å²) in [5.41, 5.74) is -0.461. The molecule has 124 valence electrons. The largest absolute Gasteiger partial charge is 0.363 e. The van der Waals surface area contributed by atoms with E-state index in [-0.39, 0.29) is 5.82 Å². The molecule has 1 aromatic heterocycles. The van der Waals surface area contributed by atoms with E-state index in [4.69, 9.17) is 0 Å². The SMILES string of the molecule is CC[C@@]1(c2ccccc2)NC(=O)N(CC(=O)Nc2ccon2)C1=O. The summed E-state index contributed by atoms with van der Waals surface area (Å²) in [4.78, 5) is 38.0. The van der Waals surface area contributed by atoms with E-state index in [2.05, 4.69) is 20.3 Å². The zero-order chi connectivity index (χ0) is 17.2. The molecule has 1 saturated heterocycles. The van der Waals surface area contributed by atoms with Gasteiger partial charge in [0.25, 0.3) is 5.91 Å². The average Bonchev–Trinajstić information content (AvgIpc) is 3.18. The minimum atomic E-state index is -1.15. The first-order valence-corrected chi connectivity index (χ1v) is 7.46. The molecule has 0 saturated carbocycles. The van der Waals surface area contributed by atoms with Gasteiger partial charge in [0, 0.05) is 6.07 Å². The van der Waals surface area contributed by atoms with Crippen LogP contribution in [0.5, 0.6) is 0 Å². The van der Waals surface area contributed by atoms with E-state index >= 15 is 0 Å². The summed E-state index contributed by atoms with van der Waals surface area (Å²) in [6.07, 6.45) is 1.68. The molecule has 0 spiro atoms. The van der Waals surface area contributed by atoms with Gasteiger partial charge in [0.15, 0.2) is 5.82 Å². The second-order valence-corrected chi connectivity index (χ2v) is 5.38. The van der Waals surface area contributed by atoms with E-state index in [0.29, 0.717) is 12.0 Å². The Bertz CT molecular complexity index is 760. The van der Waals surface area contributed by atoms with Crippen molar-refractivity contribution in [2.45, 2.75) is 18.9 Å². The molecule has 4 amide bonds. The van der Waals surface area contributed by atoms with Gasteiger partial charge in [-0.05, 0) is 12.0 Å². The van der Waals surface area contributed by atoms with Crippen LogP contribution in [0.25, 0.3) is 0 Å². The first-order valence-electron chi connectivity index (χ1n) is 7.46. The molecule has 2 aromatic rings. The molecule has 24 heavy (non-hydrogen) atoms. The topological polar surface area (TPSA) is 105 Å². The molecule has 8 nitrogen and oxygen atoms in total. The maximum atomic E-state index is 12.8. The van der Waals surface area contributed by atoms with Crippen molar-refractivity contribution in [1.29, 1.82) is 0 Å². The number of urea groups is 1. The smallest absolute Gasteiger partial charge is 0.325 e. The summed E-state index contributed by atoms with van der Waals surface area (Å²) in [6, 6.07) is 9.85. The Kier molecular flexibility index (Phi) is 4.03. The van der Waals surface area contributed by atoms with Crippen LogP contribution >= 0.6 is 0 Å². The number of carbonyl (C=O) groups excluding carboxylic acids is 3. The predicted octanol–water partition coefficient (Wildman–Crippen LogP) is 1.47. The van der Waals surface area contributed by atoms with Crippen molar-refractivity contribution in [2.75, 3.05) is 11.9 Å². The molecule has 1 aliphatic rings. The maximum absolute atomic E-state index is 12.8. The Morgan fingerprint density at radius 1 is 1.29 bits per heavy atom. The number of anilines is 1. The van der Waals surface area contributed by atoms with Gasteiger partial charge in [-0.1, -0.05) is 42.4 Å². The number of aromatic nitrogens is 1. The molecule has 2 N–H and O–H groups in total. The minimum Gasteiger partial charge on any atom is -0.363 e. The molecule has 1 aromatic carbocycles. The van der Waals surface area contributed by atoms with Crippen LogP contribution in [0.2, 0.25) is 0 Å². The molecule has 1 atom stereocenters. The number of hydrogen-bond acceptors (Lipinski definition) is 5. The molecular formula is C16H16N4O4. The van der Waals surface area contributed by atoms with E-state index in [0.717, 1.165) is 4.90 Å². The average molecular weight is 328 g/mol. The quantitative estimate of drug-likeness (QED) is 0.809. The minimum absolute atomic E-state index is 0.219. The number of carbonyl (C=O) groups is 3. The molecule has 0 aliphatic carbocycles. The van der Waals surface area contributed by atoms with Crippen LogP contribution in [0.4, 0.5) is 10.6 Å². The zero-order valence-corrected chi connectivity index (χ0v) is 13.0. The van der Waals surface area contributed by atoms with Crippen LogP contribution in [0.15, 0.2) is 47.2 Å². The fourth-order valence-electron chi connectivity index (χ4n) is 2.73. The molecule has 0 radical (unpaired) electrons. The molecule has 1 aliphatic heterocycles. The van der Waals surface area contributed by atoms with E-state index < -0.39 is 29.9 Å². The Morgan fingerprint density at radius 2 is 2.04 bits per heavy atom. The highest BCUT2D eigenvalue weighted by atomic mass is 16.5.